The van der Waals surface area contributed by atoms with Gasteiger partial charge < -0.3 is 15.2 Å². The summed E-state index contributed by atoms with van der Waals surface area (Å²) in [5.74, 6) is 0.307. The molecular formula is C22H33NO4. The number of amides is 1. The molecule has 27 heavy (non-hydrogen) atoms. The lowest BCUT2D eigenvalue weighted by Gasteiger charge is -2.36. The van der Waals surface area contributed by atoms with Crippen LogP contribution < -0.4 is 10.1 Å². The van der Waals surface area contributed by atoms with Crippen LogP contribution in [-0.2, 0) is 4.79 Å². The molecule has 0 saturated heterocycles. The fourth-order valence-electron chi connectivity index (χ4n) is 4.03. The van der Waals surface area contributed by atoms with Gasteiger partial charge in [0.1, 0.15) is 5.75 Å². The number of benzene rings is 1. The summed E-state index contributed by atoms with van der Waals surface area (Å²) in [4.78, 5) is 23.9. The van der Waals surface area contributed by atoms with Crippen LogP contribution in [0.15, 0.2) is 18.2 Å². The first-order chi connectivity index (χ1) is 12.7. The van der Waals surface area contributed by atoms with Crippen molar-refractivity contribution in [3.05, 3.63) is 29.3 Å². The summed E-state index contributed by atoms with van der Waals surface area (Å²) in [5, 5.41) is 12.1. The minimum atomic E-state index is -0.806. The van der Waals surface area contributed by atoms with Crippen molar-refractivity contribution in [2.24, 2.45) is 5.41 Å². The summed E-state index contributed by atoms with van der Waals surface area (Å²) in [6.07, 6.45) is 4.41. The van der Waals surface area contributed by atoms with Gasteiger partial charge in [-0.05, 0) is 41.2 Å². The van der Waals surface area contributed by atoms with E-state index in [1.165, 1.54) is 0 Å². The standard InChI is InChI=1S/C22H33NO4/c1-15(2)17-9-8-10-18(16(3)4)20(17)27-21(26)23-14-22(13-19(24)25)11-6-5-7-12-22/h8-10,15-16H,5-7,11-14H2,1-4H3,(H,23,26)(H,24,25). The Kier molecular flexibility index (Phi) is 7.28. The zero-order valence-corrected chi connectivity index (χ0v) is 17.0. The smallest absolute Gasteiger partial charge is 0.412 e. The molecule has 5 heteroatoms. The molecule has 0 aliphatic heterocycles. The van der Waals surface area contributed by atoms with Crippen LogP contribution in [0.5, 0.6) is 5.75 Å². The normalized spacial score (nSPS) is 16.4. The molecule has 1 aliphatic rings. The number of carbonyl (C=O) groups excluding carboxylic acids is 1. The van der Waals surface area contributed by atoms with Gasteiger partial charge in [0, 0.05) is 6.54 Å². The number of hydrogen-bond acceptors (Lipinski definition) is 3. The van der Waals surface area contributed by atoms with Crippen LogP contribution in [0.3, 0.4) is 0 Å². The van der Waals surface area contributed by atoms with Gasteiger partial charge >= 0.3 is 12.1 Å². The number of ether oxygens (including phenoxy) is 1. The van der Waals surface area contributed by atoms with E-state index in [4.69, 9.17) is 4.74 Å². The summed E-state index contributed by atoms with van der Waals surface area (Å²) in [5.41, 5.74) is 1.66. The summed E-state index contributed by atoms with van der Waals surface area (Å²) in [6, 6.07) is 5.98. The number of rotatable bonds is 7. The van der Waals surface area contributed by atoms with E-state index < -0.39 is 12.1 Å². The van der Waals surface area contributed by atoms with Crippen molar-refractivity contribution in [2.75, 3.05) is 6.54 Å². The average molecular weight is 376 g/mol. The van der Waals surface area contributed by atoms with Crippen LogP contribution in [0, 0.1) is 5.41 Å². The van der Waals surface area contributed by atoms with E-state index >= 15 is 0 Å². The first-order valence-corrected chi connectivity index (χ1v) is 10.0. The van der Waals surface area contributed by atoms with E-state index in [2.05, 4.69) is 33.0 Å². The Morgan fingerprint density at radius 3 is 2.11 bits per heavy atom. The lowest BCUT2D eigenvalue weighted by atomic mass is 9.72. The summed E-state index contributed by atoms with van der Waals surface area (Å²) < 4.78 is 5.74. The monoisotopic (exact) mass is 375 g/mol. The van der Waals surface area contributed by atoms with Crippen LogP contribution in [0.2, 0.25) is 0 Å². The van der Waals surface area contributed by atoms with Crippen molar-refractivity contribution in [3.8, 4) is 5.75 Å². The van der Waals surface area contributed by atoms with E-state index in [-0.39, 0.29) is 23.7 Å². The van der Waals surface area contributed by atoms with Gasteiger partial charge in [0.2, 0.25) is 0 Å². The molecule has 1 aromatic rings. The molecule has 0 unspecified atom stereocenters. The summed E-state index contributed by atoms with van der Waals surface area (Å²) in [7, 11) is 0. The predicted octanol–water partition coefficient (Wildman–Crippen LogP) is 5.45. The molecule has 1 amide bonds. The maximum absolute atomic E-state index is 12.6. The van der Waals surface area contributed by atoms with Crippen molar-refractivity contribution in [1.29, 1.82) is 0 Å². The first-order valence-electron chi connectivity index (χ1n) is 10.0. The molecule has 0 heterocycles. The molecular weight excluding hydrogens is 342 g/mol. The van der Waals surface area contributed by atoms with Crippen molar-refractivity contribution in [2.45, 2.75) is 78.1 Å². The molecule has 0 radical (unpaired) electrons. The van der Waals surface area contributed by atoms with Crippen LogP contribution >= 0.6 is 0 Å². The highest BCUT2D eigenvalue weighted by Crippen LogP contribution is 2.39. The number of carbonyl (C=O) groups is 2. The third-order valence-corrected chi connectivity index (χ3v) is 5.56. The zero-order chi connectivity index (χ0) is 20.0. The third-order valence-electron chi connectivity index (χ3n) is 5.56. The van der Waals surface area contributed by atoms with Gasteiger partial charge in [-0.2, -0.15) is 0 Å². The highest BCUT2D eigenvalue weighted by atomic mass is 16.6. The maximum atomic E-state index is 12.6. The zero-order valence-electron chi connectivity index (χ0n) is 17.0. The highest BCUT2D eigenvalue weighted by molar-refractivity contribution is 5.72. The average Bonchev–Trinajstić information content (AvgIpc) is 2.60. The Labute approximate surface area is 162 Å². The molecule has 0 atom stereocenters. The largest absolute Gasteiger partial charge is 0.481 e. The number of carboxylic acids is 1. The maximum Gasteiger partial charge on any atom is 0.412 e. The first kappa shape index (κ1) is 21.3. The van der Waals surface area contributed by atoms with Crippen LogP contribution in [0.25, 0.3) is 0 Å². The molecule has 150 valence electrons. The molecule has 0 spiro atoms. The topological polar surface area (TPSA) is 75.6 Å². The lowest BCUT2D eigenvalue weighted by molar-refractivity contribution is -0.140. The van der Waals surface area contributed by atoms with E-state index in [1.54, 1.807) is 0 Å². The predicted molar refractivity (Wildman–Crippen MR) is 106 cm³/mol. The van der Waals surface area contributed by atoms with E-state index in [0.717, 1.165) is 43.2 Å². The second-order valence-corrected chi connectivity index (χ2v) is 8.45. The molecule has 1 aromatic carbocycles. The third kappa shape index (κ3) is 5.72. The Morgan fingerprint density at radius 2 is 1.63 bits per heavy atom. The molecule has 2 rings (SSSR count). The van der Waals surface area contributed by atoms with E-state index in [1.807, 2.05) is 18.2 Å². The van der Waals surface area contributed by atoms with Crippen molar-refractivity contribution >= 4 is 12.1 Å². The Hall–Kier alpha value is -2.04. The van der Waals surface area contributed by atoms with Gasteiger partial charge in [0.05, 0.1) is 6.42 Å². The molecule has 0 aromatic heterocycles. The molecule has 5 nitrogen and oxygen atoms in total. The van der Waals surface area contributed by atoms with Gasteiger partial charge in [-0.1, -0.05) is 65.2 Å². The Morgan fingerprint density at radius 1 is 1.07 bits per heavy atom. The minimum Gasteiger partial charge on any atom is -0.481 e. The number of para-hydroxylation sites is 1. The SMILES string of the molecule is CC(C)c1cccc(C(C)C)c1OC(=O)NCC1(CC(=O)O)CCCCC1. The molecule has 0 bridgehead atoms. The molecule has 2 N–H and O–H groups in total. The highest BCUT2D eigenvalue weighted by Gasteiger charge is 2.35. The lowest BCUT2D eigenvalue weighted by Crippen LogP contribution is -2.41. The van der Waals surface area contributed by atoms with Crippen LogP contribution in [0.4, 0.5) is 4.79 Å². The second kappa shape index (κ2) is 9.25. The number of aliphatic carboxylic acids is 1. The summed E-state index contributed by atoms with van der Waals surface area (Å²) in [6.45, 7) is 8.66. The van der Waals surface area contributed by atoms with Gasteiger partial charge in [-0.3, -0.25) is 4.79 Å². The van der Waals surface area contributed by atoms with E-state index in [0.29, 0.717) is 12.3 Å². The Balaban J connectivity index is 2.12. The van der Waals surface area contributed by atoms with Crippen molar-refractivity contribution in [3.63, 3.8) is 0 Å². The number of hydrogen-bond donors (Lipinski definition) is 2. The minimum absolute atomic E-state index is 0.0904. The van der Waals surface area contributed by atoms with Gasteiger partial charge in [0.15, 0.2) is 0 Å². The second-order valence-electron chi connectivity index (χ2n) is 8.45. The number of carboxylic acid groups (broad SMARTS) is 1. The van der Waals surface area contributed by atoms with Crippen LogP contribution in [-0.4, -0.2) is 23.7 Å². The fraction of sp³-hybridized carbons (Fsp3) is 0.636. The van der Waals surface area contributed by atoms with Gasteiger partial charge in [-0.25, -0.2) is 4.79 Å². The van der Waals surface area contributed by atoms with Crippen LogP contribution in [0.1, 0.15) is 89.2 Å². The molecule has 1 saturated carbocycles. The van der Waals surface area contributed by atoms with Gasteiger partial charge in [-0.15, -0.1) is 0 Å². The van der Waals surface area contributed by atoms with Crippen molar-refractivity contribution < 1.29 is 19.4 Å². The van der Waals surface area contributed by atoms with Gasteiger partial charge in [0.25, 0.3) is 0 Å². The van der Waals surface area contributed by atoms with E-state index in [9.17, 15) is 14.7 Å². The quantitative estimate of drug-likeness (QED) is 0.665. The van der Waals surface area contributed by atoms with Crippen molar-refractivity contribution in [1.82, 2.24) is 5.32 Å². The fourth-order valence-corrected chi connectivity index (χ4v) is 4.03. The molecule has 1 fully saturated rings. The molecule has 1 aliphatic carbocycles. The summed E-state index contributed by atoms with van der Waals surface area (Å²) >= 11 is 0. The Bertz CT molecular complexity index is 634. The number of nitrogens with one attached hydrogen (secondary N) is 1.